The Kier molecular flexibility index (Phi) is 18.8. The smallest absolute Gasteiger partial charge is 0.0314 e. The molecule has 2 nitrogen and oxygen atoms in total. The molecule has 276 valence electrons. The summed E-state index contributed by atoms with van der Waals surface area (Å²) in [6, 6.07) is 35.6. The number of nitrogen functional groups attached to an aromatic ring is 2. The van der Waals surface area contributed by atoms with Gasteiger partial charge in [-0.1, -0.05) is 183 Å². The van der Waals surface area contributed by atoms with E-state index in [4.69, 9.17) is 11.5 Å². The molecule has 4 aromatic carbocycles. The van der Waals surface area contributed by atoms with E-state index in [2.05, 4.69) is 86.6 Å². The van der Waals surface area contributed by atoms with Crippen LogP contribution in [0.25, 0.3) is 0 Å². The van der Waals surface area contributed by atoms with Crippen molar-refractivity contribution in [3.05, 3.63) is 130 Å². The van der Waals surface area contributed by atoms with E-state index >= 15 is 0 Å². The lowest BCUT2D eigenvalue weighted by Gasteiger charge is -2.17. The fraction of sp³-hybridized carbons (Fsp3) is 0.510. The standard InChI is InChI=1S/C49H70N2/c1-3-48(44-32-36-46(50)37-33-44)42-28-24-40(25-29-42)22-20-18-16-14-12-10-8-6-5-7-9-11-13-15-17-19-21-23-41-26-30-43(31-27-41)49(4-2)45-34-38-47(51)39-35-45/h24-39,48-49H,3-23,50-51H2,1-2H3. The molecule has 0 bridgehead atoms. The van der Waals surface area contributed by atoms with Gasteiger partial charge in [-0.3, -0.25) is 0 Å². The van der Waals surface area contributed by atoms with Crippen LogP contribution in [0.2, 0.25) is 0 Å². The first-order valence-corrected chi connectivity index (χ1v) is 21.0. The van der Waals surface area contributed by atoms with Crippen molar-refractivity contribution in [2.45, 2.75) is 161 Å². The van der Waals surface area contributed by atoms with Gasteiger partial charge in [0.05, 0.1) is 0 Å². The summed E-state index contributed by atoms with van der Waals surface area (Å²) in [5.74, 6) is 0.905. The van der Waals surface area contributed by atoms with E-state index in [1.807, 2.05) is 24.3 Å². The van der Waals surface area contributed by atoms with Crippen LogP contribution in [0, 0.1) is 0 Å². The fourth-order valence-electron chi connectivity index (χ4n) is 7.93. The lowest BCUT2D eigenvalue weighted by atomic mass is 9.88. The fourth-order valence-corrected chi connectivity index (χ4v) is 7.93. The number of hydrogen-bond acceptors (Lipinski definition) is 2. The van der Waals surface area contributed by atoms with Crippen molar-refractivity contribution < 1.29 is 0 Å². The van der Waals surface area contributed by atoms with Crippen LogP contribution in [0.4, 0.5) is 11.4 Å². The third-order valence-electron chi connectivity index (χ3n) is 11.2. The minimum absolute atomic E-state index is 0.452. The van der Waals surface area contributed by atoms with E-state index < -0.39 is 0 Å². The highest BCUT2D eigenvalue weighted by Gasteiger charge is 2.13. The number of hydrogen-bond donors (Lipinski definition) is 2. The maximum atomic E-state index is 5.89. The van der Waals surface area contributed by atoms with Crippen LogP contribution in [0.1, 0.15) is 181 Å². The molecule has 0 fully saturated rings. The van der Waals surface area contributed by atoms with Gasteiger partial charge in [-0.2, -0.15) is 0 Å². The van der Waals surface area contributed by atoms with E-state index in [0.29, 0.717) is 11.8 Å². The van der Waals surface area contributed by atoms with Crippen molar-refractivity contribution in [1.29, 1.82) is 0 Å². The Morgan fingerprint density at radius 3 is 0.765 bits per heavy atom. The normalized spacial score (nSPS) is 12.6. The van der Waals surface area contributed by atoms with Crippen LogP contribution in [0.15, 0.2) is 97.1 Å². The number of anilines is 2. The van der Waals surface area contributed by atoms with E-state index in [9.17, 15) is 0 Å². The molecule has 0 aromatic heterocycles. The van der Waals surface area contributed by atoms with Gasteiger partial charge < -0.3 is 11.5 Å². The largest absolute Gasteiger partial charge is 0.399 e. The molecule has 4 aromatic rings. The monoisotopic (exact) mass is 687 g/mol. The number of aryl methyl sites for hydroxylation is 2. The summed E-state index contributed by atoms with van der Waals surface area (Å²) < 4.78 is 0. The molecule has 2 heteroatoms. The Bertz CT molecular complexity index is 1320. The summed E-state index contributed by atoms with van der Waals surface area (Å²) in [6.45, 7) is 4.54. The Morgan fingerprint density at radius 2 is 0.529 bits per heavy atom. The van der Waals surface area contributed by atoms with Gasteiger partial charge in [-0.15, -0.1) is 0 Å². The second kappa shape index (κ2) is 23.9. The van der Waals surface area contributed by atoms with Crippen molar-refractivity contribution in [3.8, 4) is 0 Å². The van der Waals surface area contributed by atoms with E-state index in [1.54, 1.807) is 0 Å². The first-order chi connectivity index (χ1) is 25.1. The minimum Gasteiger partial charge on any atom is -0.399 e. The molecule has 0 aliphatic carbocycles. The maximum Gasteiger partial charge on any atom is 0.0314 e. The lowest BCUT2D eigenvalue weighted by Crippen LogP contribution is -2.00. The Hall–Kier alpha value is -3.52. The average Bonchev–Trinajstić information content (AvgIpc) is 3.16. The molecule has 0 radical (unpaired) electrons. The van der Waals surface area contributed by atoms with Gasteiger partial charge in [-0.25, -0.2) is 0 Å². The second-order valence-electron chi connectivity index (χ2n) is 15.2. The van der Waals surface area contributed by atoms with Gasteiger partial charge in [0.15, 0.2) is 0 Å². The third kappa shape index (κ3) is 14.9. The van der Waals surface area contributed by atoms with Gasteiger partial charge in [0.2, 0.25) is 0 Å². The molecule has 2 atom stereocenters. The molecule has 0 saturated carbocycles. The first kappa shape index (κ1) is 40.3. The SMILES string of the molecule is CCC(c1ccc(N)cc1)c1ccc(CCCCCCCCCCCCCCCCCCCc2ccc(C(CC)c3ccc(N)cc3)cc2)cc1. The number of nitrogens with two attached hydrogens (primary N) is 2. The van der Waals surface area contributed by atoms with Crippen LogP contribution in [0.3, 0.4) is 0 Å². The molecule has 0 spiro atoms. The Morgan fingerprint density at radius 1 is 0.314 bits per heavy atom. The van der Waals surface area contributed by atoms with Crippen LogP contribution in [-0.2, 0) is 12.8 Å². The van der Waals surface area contributed by atoms with Crippen LogP contribution < -0.4 is 11.5 Å². The number of unbranched alkanes of at least 4 members (excludes halogenated alkanes) is 16. The van der Waals surface area contributed by atoms with Gasteiger partial charge in [-0.05, 0) is 96.2 Å². The molecular weight excluding hydrogens is 617 g/mol. The molecule has 51 heavy (non-hydrogen) atoms. The number of rotatable bonds is 26. The first-order valence-electron chi connectivity index (χ1n) is 21.0. The summed E-state index contributed by atoms with van der Waals surface area (Å²) in [6.07, 6.45) is 28.5. The van der Waals surface area contributed by atoms with Gasteiger partial charge >= 0.3 is 0 Å². The van der Waals surface area contributed by atoms with Crippen molar-refractivity contribution in [2.75, 3.05) is 11.5 Å². The molecule has 2 unspecified atom stereocenters. The lowest BCUT2D eigenvalue weighted by molar-refractivity contribution is 0.525. The van der Waals surface area contributed by atoms with Crippen LogP contribution in [-0.4, -0.2) is 0 Å². The van der Waals surface area contributed by atoms with Gasteiger partial charge in [0, 0.05) is 23.2 Å². The predicted molar refractivity (Wildman–Crippen MR) is 225 cm³/mol. The molecule has 0 amide bonds. The molecule has 4 rings (SSSR count). The highest BCUT2D eigenvalue weighted by molar-refractivity contribution is 5.44. The average molecular weight is 687 g/mol. The van der Waals surface area contributed by atoms with E-state index in [0.717, 1.165) is 24.2 Å². The molecule has 0 saturated heterocycles. The summed E-state index contributed by atoms with van der Waals surface area (Å²) in [4.78, 5) is 0. The van der Waals surface area contributed by atoms with Crippen LogP contribution >= 0.6 is 0 Å². The highest BCUT2D eigenvalue weighted by atomic mass is 14.5. The van der Waals surface area contributed by atoms with Crippen LogP contribution in [0.5, 0.6) is 0 Å². The molecule has 0 heterocycles. The highest BCUT2D eigenvalue weighted by Crippen LogP contribution is 2.30. The van der Waals surface area contributed by atoms with Crippen molar-refractivity contribution in [2.24, 2.45) is 0 Å². The van der Waals surface area contributed by atoms with Crippen molar-refractivity contribution >= 4 is 11.4 Å². The Balaban J connectivity index is 0.903. The molecular formula is C49H70N2. The number of benzene rings is 4. The summed E-state index contributed by atoms with van der Waals surface area (Å²) in [5, 5.41) is 0. The predicted octanol–water partition coefficient (Wildman–Crippen LogP) is 14.4. The second-order valence-corrected chi connectivity index (χ2v) is 15.2. The molecule has 4 N–H and O–H groups in total. The summed E-state index contributed by atoms with van der Waals surface area (Å²) >= 11 is 0. The quantitative estimate of drug-likeness (QED) is 0.0510. The molecule has 0 aliphatic heterocycles. The maximum absolute atomic E-state index is 5.89. The zero-order valence-electron chi connectivity index (χ0n) is 32.4. The van der Waals surface area contributed by atoms with Gasteiger partial charge in [0.25, 0.3) is 0 Å². The van der Waals surface area contributed by atoms with Crippen molar-refractivity contribution in [1.82, 2.24) is 0 Å². The Labute approximate surface area is 312 Å². The van der Waals surface area contributed by atoms with E-state index in [-0.39, 0.29) is 0 Å². The van der Waals surface area contributed by atoms with E-state index in [1.165, 1.54) is 155 Å². The third-order valence-corrected chi connectivity index (χ3v) is 11.2. The zero-order valence-corrected chi connectivity index (χ0v) is 32.4. The zero-order chi connectivity index (χ0) is 35.9. The van der Waals surface area contributed by atoms with Gasteiger partial charge in [0.1, 0.15) is 0 Å². The molecule has 0 aliphatic rings. The van der Waals surface area contributed by atoms with Crippen molar-refractivity contribution in [3.63, 3.8) is 0 Å². The topological polar surface area (TPSA) is 52.0 Å². The summed E-state index contributed by atoms with van der Waals surface area (Å²) in [7, 11) is 0. The minimum atomic E-state index is 0.452. The summed E-state index contributed by atoms with van der Waals surface area (Å²) in [5.41, 5.74) is 22.0.